The number of alkyl halides is 2. The number of aromatic nitrogens is 5. The van der Waals surface area contributed by atoms with Gasteiger partial charge in [0.1, 0.15) is 24.2 Å². The molecule has 4 heterocycles. The quantitative estimate of drug-likeness (QED) is 0.464. The molecule has 32 heavy (non-hydrogen) atoms. The summed E-state index contributed by atoms with van der Waals surface area (Å²) in [4.78, 5) is 24.9. The number of rotatable bonds is 5. The van der Waals surface area contributed by atoms with Crippen LogP contribution in [-0.2, 0) is 4.79 Å². The molecular formula is C22H18F2N6O2. The lowest BCUT2D eigenvalue weighted by Crippen LogP contribution is -2.18. The molecule has 0 spiro atoms. The molecule has 0 aliphatic heterocycles. The third kappa shape index (κ3) is 3.28. The number of amides is 1. The van der Waals surface area contributed by atoms with Crippen molar-refractivity contribution in [3.63, 3.8) is 0 Å². The summed E-state index contributed by atoms with van der Waals surface area (Å²) < 4.78 is 27.9. The van der Waals surface area contributed by atoms with Crippen molar-refractivity contribution in [3.8, 4) is 11.1 Å². The Labute approximate surface area is 180 Å². The fourth-order valence-corrected chi connectivity index (χ4v) is 3.69. The number of carbonyl (C=O) groups is 1. The molecule has 4 aromatic rings. The van der Waals surface area contributed by atoms with Crippen molar-refractivity contribution in [1.82, 2.24) is 24.6 Å². The average molecular weight is 436 g/mol. The Hall–Kier alpha value is -3.79. The Kier molecular flexibility index (Phi) is 4.48. The third-order valence-electron chi connectivity index (χ3n) is 5.57. The minimum Gasteiger partial charge on any atom is -0.383 e. The zero-order chi connectivity index (χ0) is 22.6. The molecule has 0 radical (unpaired) electrons. The highest BCUT2D eigenvalue weighted by Crippen LogP contribution is 2.49. The fraction of sp³-hybridized carbons (Fsp3) is 0.227. The number of nitrogens with one attached hydrogen (secondary N) is 1. The molecule has 0 aromatic carbocycles. The predicted octanol–water partition coefficient (Wildman–Crippen LogP) is 3.46. The lowest BCUT2D eigenvalue weighted by Gasteiger charge is -2.12. The van der Waals surface area contributed by atoms with E-state index in [4.69, 9.17) is 0 Å². The SMILES string of the molecule is C=C[C@@H](O)c1cc(C)c(-c2cc3cnc(NC(=O)[C@H]4CC4(F)F)cc3n3ncnc23)cn1. The molecule has 4 aromatic heterocycles. The zero-order valence-corrected chi connectivity index (χ0v) is 17.0. The van der Waals surface area contributed by atoms with E-state index in [1.807, 2.05) is 13.0 Å². The molecule has 1 aliphatic rings. The second-order valence-electron chi connectivity index (χ2n) is 7.79. The van der Waals surface area contributed by atoms with Crippen LogP contribution >= 0.6 is 0 Å². The molecule has 0 bridgehead atoms. The number of aliphatic hydroxyl groups excluding tert-OH is 1. The first-order valence-corrected chi connectivity index (χ1v) is 9.87. The number of pyridine rings is 3. The maximum Gasteiger partial charge on any atom is 0.260 e. The highest BCUT2D eigenvalue weighted by Gasteiger charge is 2.61. The van der Waals surface area contributed by atoms with E-state index in [0.29, 0.717) is 22.2 Å². The molecule has 1 amide bonds. The third-order valence-corrected chi connectivity index (χ3v) is 5.57. The summed E-state index contributed by atoms with van der Waals surface area (Å²) in [6.07, 6.45) is 4.70. The van der Waals surface area contributed by atoms with Gasteiger partial charge in [-0.05, 0) is 24.6 Å². The minimum absolute atomic E-state index is 0.162. The highest BCUT2D eigenvalue weighted by atomic mass is 19.3. The van der Waals surface area contributed by atoms with E-state index in [1.165, 1.54) is 12.4 Å². The Morgan fingerprint density at radius 3 is 2.75 bits per heavy atom. The predicted molar refractivity (Wildman–Crippen MR) is 113 cm³/mol. The van der Waals surface area contributed by atoms with Crippen LogP contribution in [0.4, 0.5) is 14.6 Å². The van der Waals surface area contributed by atoms with E-state index in [-0.39, 0.29) is 5.82 Å². The molecular weight excluding hydrogens is 418 g/mol. The van der Waals surface area contributed by atoms with Gasteiger partial charge >= 0.3 is 0 Å². The first kappa shape index (κ1) is 20.1. The van der Waals surface area contributed by atoms with Gasteiger partial charge in [-0.25, -0.2) is 23.3 Å². The molecule has 2 N–H and O–H groups in total. The monoisotopic (exact) mass is 436 g/mol. The van der Waals surface area contributed by atoms with Crippen LogP contribution in [0.2, 0.25) is 0 Å². The largest absolute Gasteiger partial charge is 0.383 e. The van der Waals surface area contributed by atoms with E-state index >= 15 is 0 Å². The van der Waals surface area contributed by atoms with E-state index in [1.54, 1.807) is 29.0 Å². The second-order valence-corrected chi connectivity index (χ2v) is 7.79. The van der Waals surface area contributed by atoms with E-state index in [2.05, 4.69) is 31.9 Å². The first-order chi connectivity index (χ1) is 15.3. The number of fused-ring (bicyclic) bond motifs is 3. The number of carbonyl (C=O) groups excluding carboxylic acids is 1. The van der Waals surface area contributed by atoms with Crippen LogP contribution in [0.15, 0.2) is 49.6 Å². The highest BCUT2D eigenvalue weighted by molar-refractivity contribution is 5.97. The number of hydrogen-bond donors (Lipinski definition) is 2. The van der Waals surface area contributed by atoms with Crippen molar-refractivity contribution in [2.24, 2.45) is 5.92 Å². The molecule has 8 nitrogen and oxygen atoms in total. The molecule has 1 aliphatic carbocycles. The van der Waals surface area contributed by atoms with Gasteiger partial charge in [0.25, 0.3) is 5.92 Å². The summed E-state index contributed by atoms with van der Waals surface area (Å²) in [6, 6.07) is 5.23. The molecule has 162 valence electrons. The van der Waals surface area contributed by atoms with Crippen molar-refractivity contribution in [2.75, 3.05) is 5.32 Å². The number of halogens is 2. The maximum atomic E-state index is 13.2. The van der Waals surface area contributed by atoms with Crippen LogP contribution < -0.4 is 5.32 Å². The lowest BCUT2D eigenvalue weighted by atomic mass is 10.0. The zero-order valence-electron chi connectivity index (χ0n) is 17.0. The van der Waals surface area contributed by atoms with Gasteiger partial charge in [0.15, 0.2) is 5.65 Å². The van der Waals surface area contributed by atoms with Crippen LogP contribution in [0.5, 0.6) is 0 Å². The van der Waals surface area contributed by atoms with Gasteiger partial charge in [0.05, 0.1) is 11.2 Å². The van der Waals surface area contributed by atoms with Gasteiger partial charge in [-0.15, -0.1) is 6.58 Å². The van der Waals surface area contributed by atoms with Crippen LogP contribution in [0.1, 0.15) is 23.8 Å². The lowest BCUT2D eigenvalue weighted by molar-refractivity contribution is -0.119. The number of hydrogen-bond acceptors (Lipinski definition) is 6. The average Bonchev–Trinajstić information content (AvgIpc) is 3.18. The summed E-state index contributed by atoms with van der Waals surface area (Å²) in [5.74, 6) is -4.85. The van der Waals surface area contributed by atoms with Gasteiger partial charge < -0.3 is 10.4 Å². The second kappa shape index (κ2) is 7.13. The van der Waals surface area contributed by atoms with Gasteiger partial charge in [-0.3, -0.25) is 9.78 Å². The van der Waals surface area contributed by atoms with Crippen LogP contribution in [-0.4, -0.2) is 41.5 Å². The molecule has 1 saturated carbocycles. The smallest absolute Gasteiger partial charge is 0.260 e. The Morgan fingerprint density at radius 2 is 2.06 bits per heavy atom. The minimum atomic E-state index is -2.95. The molecule has 0 unspecified atom stereocenters. The van der Waals surface area contributed by atoms with Crippen LogP contribution in [0.25, 0.3) is 27.7 Å². The molecule has 1 fully saturated rings. The van der Waals surface area contributed by atoms with E-state index in [0.717, 1.165) is 16.7 Å². The van der Waals surface area contributed by atoms with Gasteiger partial charge in [0, 0.05) is 41.4 Å². The van der Waals surface area contributed by atoms with Gasteiger partial charge in [-0.2, -0.15) is 5.10 Å². The van der Waals surface area contributed by atoms with Crippen molar-refractivity contribution >= 4 is 28.3 Å². The summed E-state index contributed by atoms with van der Waals surface area (Å²) in [5, 5.41) is 17.4. The van der Waals surface area contributed by atoms with Crippen molar-refractivity contribution in [2.45, 2.75) is 25.4 Å². The number of nitrogens with zero attached hydrogens (tertiary/aromatic N) is 5. The van der Waals surface area contributed by atoms with Crippen LogP contribution in [0, 0.1) is 12.8 Å². The fourth-order valence-electron chi connectivity index (χ4n) is 3.69. The van der Waals surface area contributed by atoms with Crippen molar-refractivity contribution in [1.29, 1.82) is 0 Å². The normalized spacial score (nSPS) is 17.9. The topological polar surface area (TPSA) is 105 Å². The summed E-state index contributed by atoms with van der Waals surface area (Å²) in [6.45, 7) is 5.48. The molecule has 0 saturated heterocycles. The first-order valence-electron chi connectivity index (χ1n) is 9.87. The molecule has 2 atom stereocenters. The Morgan fingerprint density at radius 1 is 1.28 bits per heavy atom. The summed E-state index contributed by atoms with van der Waals surface area (Å²) in [7, 11) is 0. The summed E-state index contributed by atoms with van der Waals surface area (Å²) in [5.41, 5.74) is 4.09. The molecule has 10 heteroatoms. The standard InChI is InChI=1S/C22H18F2N6O2/c1-3-18(31)16-4-11(2)14(9-25-16)13-5-12-8-26-19(29-21(32)15-7-22(15,23)24)6-17(12)30-20(13)27-10-28-30/h3-6,8-10,15,18,31H,1,7H2,2H3,(H,26,29,32)/t15-,18-/m1/s1. The Balaban J connectivity index is 1.57. The van der Waals surface area contributed by atoms with Gasteiger partial charge in [-0.1, -0.05) is 6.08 Å². The Bertz CT molecular complexity index is 1400. The summed E-state index contributed by atoms with van der Waals surface area (Å²) >= 11 is 0. The number of aryl methyl sites for hydroxylation is 1. The number of aliphatic hydroxyl groups is 1. The van der Waals surface area contributed by atoms with Crippen molar-refractivity contribution < 1.29 is 18.7 Å². The van der Waals surface area contributed by atoms with E-state index < -0.39 is 30.3 Å². The van der Waals surface area contributed by atoms with Crippen LogP contribution in [0.3, 0.4) is 0 Å². The maximum absolute atomic E-state index is 13.2. The van der Waals surface area contributed by atoms with Crippen molar-refractivity contribution in [3.05, 3.63) is 60.8 Å². The van der Waals surface area contributed by atoms with E-state index in [9.17, 15) is 18.7 Å². The molecule has 5 rings (SSSR count). The van der Waals surface area contributed by atoms with Gasteiger partial charge in [0.2, 0.25) is 5.91 Å². The number of anilines is 1.